The van der Waals surface area contributed by atoms with Crippen LogP contribution in [0.3, 0.4) is 0 Å². The maximum absolute atomic E-state index is 13.9. The molecule has 0 radical (unpaired) electrons. The zero-order chi connectivity index (χ0) is 14.1. The van der Waals surface area contributed by atoms with Gasteiger partial charge in [-0.15, -0.1) is 11.6 Å². The molecular formula is C15H18ClFN2O. The summed E-state index contributed by atoms with van der Waals surface area (Å²) in [5.74, 6) is 1.52. The highest BCUT2D eigenvalue weighted by molar-refractivity contribution is 6.17. The number of benzene rings is 1. The molecule has 1 fully saturated rings. The number of imidazole rings is 1. The summed E-state index contributed by atoms with van der Waals surface area (Å²) in [4.78, 5) is 4.46. The van der Waals surface area contributed by atoms with Crippen molar-refractivity contribution in [1.29, 1.82) is 0 Å². The summed E-state index contributed by atoms with van der Waals surface area (Å²) in [7, 11) is 0. The lowest BCUT2D eigenvalue weighted by molar-refractivity contribution is 0.175. The van der Waals surface area contributed by atoms with Gasteiger partial charge < -0.3 is 9.30 Å². The quantitative estimate of drug-likeness (QED) is 0.807. The van der Waals surface area contributed by atoms with Crippen molar-refractivity contribution in [1.82, 2.24) is 9.55 Å². The normalized spacial score (nSPS) is 20.6. The molecule has 108 valence electrons. The third-order valence-corrected chi connectivity index (χ3v) is 4.31. The first kappa shape index (κ1) is 13.8. The molecular weight excluding hydrogens is 279 g/mol. The summed E-state index contributed by atoms with van der Waals surface area (Å²) < 4.78 is 21.5. The third-order valence-electron chi connectivity index (χ3n) is 4.12. The highest BCUT2D eigenvalue weighted by Crippen LogP contribution is 2.31. The molecule has 2 atom stereocenters. The number of alkyl halides is 1. The van der Waals surface area contributed by atoms with Crippen molar-refractivity contribution in [2.45, 2.75) is 25.8 Å². The fraction of sp³-hybridized carbons (Fsp3) is 0.533. The Balaban J connectivity index is 2.10. The van der Waals surface area contributed by atoms with Gasteiger partial charge in [-0.3, -0.25) is 0 Å². The Morgan fingerprint density at radius 1 is 1.55 bits per heavy atom. The van der Waals surface area contributed by atoms with Crippen molar-refractivity contribution in [3.63, 3.8) is 0 Å². The lowest BCUT2D eigenvalue weighted by Crippen LogP contribution is -2.19. The van der Waals surface area contributed by atoms with Gasteiger partial charge in [0, 0.05) is 30.9 Å². The molecule has 1 aromatic heterocycles. The van der Waals surface area contributed by atoms with Crippen molar-refractivity contribution in [3.8, 4) is 0 Å². The molecule has 0 saturated carbocycles. The van der Waals surface area contributed by atoms with E-state index < -0.39 is 0 Å². The summed E-state index contributed by atoms with van der Waals surface area (Å²) in [6.45, 7) is 3.72. The Hall–Kier alpha value is -1.13. The Kier molecular flexibility index (Phi) is 3.94. The van der Waals surface area contributed by atoms with E-state index in [4.69, 9.17) is 16.3 Å². The minimum atomic E-state index is -0.271. The monoisotopic (exact) mass is 296 g/mol. The summed E-state index contributed by atoms with van der Waals surface area (Å²) in [6, 6.07) is 5.35. The van der Waals surface area contributed by atoms with E-state index in [1.807, 2.05) is 6.07 Å². The van der Waals surface area contributed by atoms with Gasteiger partial charge in [0.2, 0.25) is 0 Å². The van der Waals surface area contributed by atoms with Gasteiger partial charge in [-0.1, -0.05) is 6.07 Å². The number of aryl methyl sites for hydroxylation is 1. The predicted octanol–water partition coefficient (Wildman–Crippen LogP) is 3.55. The number of aromatic nitrogens is 2. The molecule has 0 spiro atoms. The summed E-state index contributed by atoms with van der Waals surface area (Å²) in [5.41, 5.74) is 1.29. The number of halogens is 2. The van der Waals surface area contributed by atoms with Gasteiger partial charge in [-0.25, -0.2) is 9.37 Å². The largest absolute Gasteiger partial charge is 0.381 e. The number of hydrogen-bond acceptors (Lipinski definition) is 2. The van der Waals surface area contributed by atoms with E-state index in [0.717, 1.165) is 31.0 Å². The van der Waals surface area contributed by atoms with E-state index in [1.54, 1.807) is 6.07 Å². The maximum Gasteiger partial charge on any atom is 0.151 e. The van der Waals surface area contributed by atoms with E-state index in [2.05, 4.69) is 16.5 Å². The number of fused-ring (bicyclic) bond motifs is 1. The van der Waals surface area contributed by atoms with Crippen molar-refractivity contribution in [2.75, 3.05) is 19.1 Å². The van der Waals surface area contributed by atoms with Gasteiger partial charge >= 0.3 is 0 Å². The van der Waals surface area contributed by atoms with Gasteiger partial charge in [0.15, 0.2) is 5.82 Å². The van der Waals surface area contributed by atoms with Crippen LogP contribution in [0.5, 0.6) is 0 Å². The molecule has 1 saturated heterocycles. The second-order valence-electron chi connectivity index (χ2n) is 5.31. The lowest BCUT2D eigenvalue weighted by Gasteiger charge is -2.22. The molecule has 2 unspecified atom stereocenters. The number of para-hydroxylation sites is 1. The number of nitrogens with zero attached hydrogens (tertiary/aromatic N) is 2. The SMILES string of the molecule is CC(C1CCOC1)n1c(CCCl)nc2c(F)cccc21. The van der Waals surface area contributed by atoms with Crippen molar-refractivity contribution >= 4 is 22.6 Å². The minimum Gasteiger partial charge on any atom is -0.381 e. The van der Waals surface area contributed by atoms with E-state index >= 15 is 0 Å². The topological polar surface area (TPSA) is 27.1 Å². The fourth-order valence-corrected chi connectivity index (χ4v) is 3.16. The summed E-state index contributed by atoms with van der Waals surface area (Å²) in [5, 5.41) is 0. The van der Waals surface area contributed by atoms with Crippen molar-refractivity contribution in [2.24, 2.45) is 5.92 Å². The molecule has 2 heterocycles. The highest BCUT2D eigenvalue weighted by Gasteiger charge is 2.27. The smallest absolute Gasteiger partial charge is 0.151 e. The first-order valence-electron chi connectivity index (χ1n) is 7.01. The van der Waals surface area contributed by atoms with E-state index in [-0.39, 0.29) is 11.9 Å². The molecule has 0 bridgehead atoms. The molecule has 0 amide bonds. The lowest BCUT2D eigenvalue weighted by atomic mass is 10.00. The average Bonchev–Trinajstić information content (AvgIpc) is 3.06. The van der Waals surface area contributed by atoms with Gasteiger partial charge in [-0.05, 0) is 25.5 Å². The van der Waals surface area contributed by atoms with E-state index in [1.165, 1.54) is 6.07 Å². The Bertz CT molecular complexity index is 607. The Labute approximate surface area is 122 Å². The second-order valence-corrected chi connectivity index (χ2v) is 5.69. The van der Waals surface area contributed by atoms with Crippen LogP contribution in [0, 0.1) is 11.7 Å². The Morgan fingerprint density at radius 2 is 2.40 bits per heavy atom. The molecule has 3 rings (SSSR count). The fourth-order valence-electron chi connectivity index (χ4n) is 2.99. The van der Waals surface area contributed by atoms with Crippen LogP contribution in [0.2, 0.25) is 0 Å². The number of hydrogen-bond donors (Lipinski definition) is 0. The molecule has 3 nitrogen and oxygen atoms in total. The molecule has 0 aliphatic carbocycles. The average molecular weight is 297 g/mol. The van der Waals surface area contributed by atoms with Crippen LogP contribution in [-0.4, -0.2) is 28.6 Å². The molecule has 20 heavy (non-hydrogen) atoms. The Morgan fingerprint density at radius 3 is 3.10 bits per heavy atom. The maximum atomic E-state index is 13.9. The van der Waals surface area contributed by atoms with Crippen LogP contribution >= 0.6 is 11.6 Å². The van der Waals surface area contributed by atoms with Crippen LogP contribution in [-0.2, 0) is 11.2 Å². The predicted molar refractivity (Wildman–Crippen MR) is 77.8 cm³/mol. The first-order chi connectivity index (χ1) is 9.72. The molecule has 0 N–H and O–H groups in total. The minimum absolute atomic E-state index is 0.238. The zero-order valence-corrected chi connectivity index (χ0v) is 12.2. The van der Waals surface area contributed by atoms with Crippen molar-refractivity contribution < 1.29 is 9.13 Å². The molecule has 1 aromatic carbocycles. The number of ether oxygens (including phenoxy) is 1. The van der Waals surface area contributed by atoms with Gasteiger partial charge in [-0.2, -0.15) is 0 Å². The second kappa shape index (κ2) is 5.70. The van der Waals surface area contributed by atoms with Crippen LogP contribution < -0.4 is 0 Å². The van der Waals surface area contributed by atoms with Gasteiger partial charge in [0.05, 0.1) is 12.1 Å². The van der Waals surface area contributed by atoms with Crippen LogP contribution in [0.4, 0.5) is 4.39 Å². The molecule has 2 aromatic rings. The first-order valence-corrected chi connectivity index (χ1v) is 7.55. The van der Waals surface area contributed by atoms with E-state index in [0.29, 0.717) is 23.7 Å². The third kappa shape index (κ3) is 2.31. The highest BCUT2D eigenvalue weighted by atomic mass is 35.5. The van der Waals surface area contributed by atoms with Gasteiger partial charge in [0.25, 0.3) is 0 Å². The van der Waals surface area contributed by atoms with Gasteiger partial charge in [0.1, 0.15) is 11.3 Å². The summed E-state index contributed by atoms with van der Waals surface area (Å²) in [6.07, 6.45) is 1.68. The summed E-state index contributed by atoms with van der Waals surface area (Å²) >= 11 is 5.87. The molecule has 1 aliphatic heterocycles. The van der Waals surface area contributed by atoms with E-state index in [9.17, 15) is 4.39 Å². The molecule has 1 aliphatic rings. The standard InChI is InChI=1S/C15H18ClFN2O/c1-10(11-6-8-20-9-11)19-13-4-2-3-12(17)15(13)18-14(19)5-7-16/h2-4,10-11H,5-9H2,1H3. The van der Waals surface area contributed by atoms with Crippen LogP contribution in [0.25, 0.3) is 11.0 Å². The molecule has 5 heteroatoms. The van der Waals surface area contributed by atoms with Crippen LogP contribution in [0.15, 0.2) is 18.2 Å². The zero-order valence-electron chi connectivity index (χ0n) is 11.5. The number of rotatable bonds is 4. The van der Waals surface area contributed by atoms with Crippen molar-refractivity contribution in [3.05, 3.63) is 29.8 Å². The van der Waals surface area contributed by atoms with Crippen LogP contribution in [0.1, 0.15) is 25.2 Å².